The van der Waals surface area contributed by atoms with Crippen molar-refractivity contribution in [2.75, 3.05) is 0 Å². The molecule has 2 unspecified atom stereocenters. The van der Waals surface area contributed by atoms with Crippen molar-refractivity contribution in [3.8, 4) is 12.1 Å². The molecule has 0 bridgehead atoms. The van der Waals surface area contributed by atoms with Crippen molar-refractivity contribution in [3.05, 3.63) is 46.6 Å². The topological polar surface area (TPSA) is 47.6 Å². The summed E-state index contributed by atoms with van der Waals surface area (Å²) in [6, 6.07) is 4.40. The van der Waals surface area contributed by atoms with Crippen LogP contribution in [0.5, 0.6) is 0 Å². The van der Waals surface area contributed by atoms with Crippen molar-refractivity contribution >= 4 is 0 Å². The molecule has 2 nitrogen and oxygen atoms in total. The zero-order chi connectivity index (χ0) is 24.4. The molecule has 32 heavy (non-hydrogen) atoms. The summed E-state index contributed by atoms with van der Waals surface area (Å²) in [6.45, 7) is 18.1. The molecule has 0 aromatic heterocycles. The third-order valence-corrected chi connectivity index (χ3v) is 8.25. The smallest absolute Gasteiger partial charge is 0.0625 e. The molecule has 0 N–H and O–H groups in total. The van der Waals surface area contributed by atoms with E-state index in [9.17, 15) is 0 Å². The largest absolute Gasteiger partial charge is 0.198 e. The minimum Gasteiger partial charge on any atom is -0.198 e. The Labute approximate surface area is 198 Å². The normalized spacial score (nSPS) is 24.1. The Morgan fingerprint density at radius 1 is 0.812 bits per heavy atom. The number of hydrogen-bond acceptors (Lipinski definition) is 2. The maximum absolute atomic E-state index is 8.53. The van der Waals surface area contributed by atoms with Crippen molar-refractivity contribution in [2.24, 2.45) is 22.7 Å². The molecule has 0 saturated carbocycles. The van der Waals surface area contributed by atoms with Crippen LogP contribution in [0, 0.1) is 45.3 Å². The number of hydrogen-bond donors (Lipinski definition) is 0. The molecular weight excluding hydrogens is 388 g/mol. The Kier molecular flexibility index (Phi) is 11.2. The molecule has 2 atom stereocenters. The van der Waals surface area contributed by atoms with E-state index in [1.807, 2.05) is 0 Å². The number of nitrogens with zero attached hydrogens (tertiary/aromatic N) is 2. The Morgan fingerprint density at radius 3 is 1.41 bits per heavy atom. The number of rotatable bonds is 8. The van der Waals surface area contributed by atoms with Gasteiger partial charge in [0.15, 0.2) is 0 Å². The third kappa shape index (κ3) is 8.13. The van der Waals surface area contributed by atoms with Crippen LogP contribution < -0.4 is 0 Å². The SMILES string of the molecule is CC1=CCC(C/C=C(/C)CCC#N)C1(C)C.CC1=CCC(C/C=C(\C)CCC#N)C1(C)C. The van der Waals surface area contributed by atoms with Gasteiger partial charge in [0.1, 0.15) is 0 Å². The van der Waals surface area contributed by atoms with Crippen LogP contribution in [0.25, 0.3) is 0 Å². The fraction of sp³-hybridized carbons (Fsp3) is 0.667. The van der Waals surface area contributed by atoms with E-state index in [0.717, 1.165) is 37.5 Å². The first-order chi connectivity index (χ1) is 15.0. The fourth-order valence-corrected chi connectivity index (χ4v) is 4.58. The van der Waals surface area contributed by atoms with Crippen LogP contribution in [0.4, 0.5) is 0 Å². The second kappa shape index (κ2) is 12.8. The predicted molar refractivity (Wildman–Crippen MR) is 138 cm³/mol. The van der Waals surface area contributed by atoms with Gasteiger partial charge in [-0.1, -0.05) is 74.3 Å². The molecule has 2 aliphatic carbocycles. The van der Waals surface area contributed by atoms with E-state index in [1.54, 1.807) is 0 Å². The van der Waals surface area contributed by atoms with Gasteiger partial charge < -0.3 is 0 Å². The van der Waals surface area contributed by atoms with Gasteiger partial charge in [0.25, 0.3) is 0 Å². The molecule has 0 aromatic rings. The molecule has 2 aliphatic rings. The number of nitriles is 2. The number of allylic oxidation sites excluding steroid dienone is 8. The van der Waals surface area contributed by atoms with E-state index < -0.39 is 0 Å². The zero-order valence-electron chi connectivity index (χ0n) is 22.0. The van der Waals surface area contributed by atoms with Gasteiger partial charge in [-0.3, -0.25) is 0 Å². The fourth-order valence-electron chi connectivity index (χ4n) is 4.58. The van der Waals surface area contributed by atoms with Crippen molar-refractivity contribution < 1.29 is 0 Å². The van der Waals surface area contributed by atoms with E-state index in [-0.39, 0.29) is 0 Å². The minimum absolute atomic E-state index is 0.353. The highest BCUT2D eigenvalue weighted by Crippen LogP contribution is 2.45. The van der Waals surface area contributed by atoms with Crippen molar-refractivity contribution in [3.63, 3.8) is 0 Å². The van der Waals surface area contributed by atoms with Gasteiger partial charge in [0, 0.05) is 12.8 Å². The van der Waals surface area contributed by atoms with Crippen LogP contribution in [-0.2, 0) is 0 Å². The van der Waals surface area contributed by atoms with Crippen LogP contribution >= 0.6 is 0 Å². The van der Waals surface area contributed by atoms with Gasteiger partial charge in [-0.15, -0.1) is 0 Å². The van der Waals surface area contributed by atoms with Crippen LogP contribution in [-0.4, -0.2) is 0 Å². The first-order valence-corrected chi connectivity index (χ1v) is 12.4. The second-order valence-corrected chi connectivity index (χ2v) is 11.0. The van der Waals surface area contributed by atoms with Crippen molar-refractivity contribution in [1.82, 2.24) is 0 Å². The van der Waals surface area contributed by atoms with Crippen molar-refractivity contribution in [1.29, 1.82) is 10.5 Å². The molecule has 2 rings (SSSR count). The van der Waals surface area contributed by atoms with E-state index >= 15 is 0 Å². The maximum atomic E-state index is 8.53. The first kappa shape index (κ1) is 28.0. The lowest BCUT2D eigenvalue weighted by Crippen LogP contribution is -2.19. The average Bonchev–Trinajstić information content (AvgIpc) is 3.15. The quantitative estimate of drug-likeness (QED) is 0.357. The van der Waals surface area contributed by atoms with Gasteiger partial charge in [-0.2, -0.15) is 10.5 Å². The molecule has 0 aromatic carbocycles. The third-order valence-electron chi connectivity index (χ3n) is 8.25. The summed E-state index contributed by atoms with van der Waals surface area (Å²) in [5.41, 5.74) is 6.49. The lowest BCUT2D eigenvalue weighted by atomic mass is 9.76. The van der Waals surface area contributed by atoms with Gasteiger partial charge in [-0.25, -0.2) is 0 Å². The highest BCUT2D eigenvalue weighted by Gasteiger charge is 2.34. The van der Waals surface area contributed by atoms with Crippen LogP contribution in [0.2, 0.25) is 0 Å². The second-order valence-electron chi connectivity index (χ2n) is 11.0. The molecular formula is C30H46N2. The highest BCUT2D eigenvalue weighted by atomic mass is 14.4. The van der Waals surface area contributed by atoms with Crippen LogP contribution in [0.1, 0.15) is 107 Å². The molecule has 176 valence electrons. The first-order valence-electron chi connectivity index (χ1n) is 12.4. The summed E-state index contributed by atoms with van der Waals surface area (Å²) in [7, 11) is 0. The van der Waals surface area contributed by atoms with Gasteiger partial charge in [-0.05, 0) is 88.9 Å². The molecule has 0 heterocycles. The molecule has 0 aliphatic heterocycles. The average molecular weight is 435 g/mol. The molecule has 0 saturated heterocycles. The summed E-state index contributed by atoms with van der Waals surface area (Å²) in [5.74, 6) is 1.48. The monoisotopic (exact) mass is 434 g/mol. The minimum atomic E-state index is 0.353. The molecule has 0 spiro atoms. The van der Waals surface area contributed by atoms with Crippen LogP contribution in [0.15, 0.2) is 46.6 Å². The Morgan fingerprint density at radius 2 is 1.16 bits per heavy atom. The van der Waals surface area contributed by atoms with E-state index in [0.29, 0.717) is 23.7 Å². The van der Waals surface area contributed by atoms with E-state index in [2.05, 4.69) is 91.8 Å². The van der Waals surface area contributed by atoms with Gasteiger partial charge >= 0.3 is 0 Å². The van der Waals surface area contributed by atoms with Crippen LogP contribution in [0.3, 0.4) is 0 Å². The van der Waals surface area contributed by atoms with E-state index in [1.165, 1.54) is 35.1 Å². The van der Waals surface area contributed by atoms with Gasteiger partial charge in [0.05, 0.1) is 12.1 Å². The maximum Gasteiger partial charge on any atom is 0.0625 e. The summed E-state index contributed by atoms with van der Waals surface area (Å²) in [4.78, 5) is 0. The lowest BCUT2D eigenvalue weighted by Gasteiger charge is -2.29. The lowest BCUT2D eigenvalue weighted by molar-refractivity contribution is 0.294. The summed E-state index contributed by atoms with van der Waals surface area (Å²) in [6.07, 6.45) is 17.3. The van der Waals surface area contributed by atoms with E-state index in [4.69, 9.17) is 10.5 Å². The van der Waals surface area contributed by atoms with Crippen molar-refractivity contribution in [2.45, 2.75) is 107 Å². The molecule has 0 amide bonds. The molecule has 0 radical (unpaired) electrons. The summed E-state index contributed by atoms with van der Waals surface area (Å²) in [5, 5.41) is 17.1. The highest BCUT2D eigenvalue weighted by molar-refractivity contribution is 5.20. The standard InChI is InChI=1S/2C15H23N/c2*1-12(6-5-11-16)7-9-14-10-8-13(2)15(14,3)4/h2*7-8,14H,5-6,9-10H2,1-4H3/b12-7+;12-7-. The molecule has 2 heteroatoms. The summed E-state index contributed by atoms with van der Waals surface area (Å²) < 4.78 is 0. The Hall–Kier alpha value is -2.06. The molecule has 0 fully saturated rings. The Balaban J connectivity index is 0.000000320. The van der Waals surface area contributed by atoms with Gasteiger partial charge in [0.2, 0.25) is 0 Å². The Bertz CT molecular complexity index is 748. The summed E-state index contributed by atoms with van der Waals surface area (Å²) >= 11 is 0. The predicted octanol–water partition coefficient (Wildman–Crippen LogP) is 9.24. The zero-order valence-corrected chi connectivity index (χ0v) is 22.0.